The van der Waals surface area contributed by atoms with E-state index >= 15 is 0 Å². The molecular weight excluding hydrogens is 454 g/mol. The summed E-state index contributed by atoms with van der Waals surface area (Å²) in [5.74, 6) is 0.172. The zero-order valence-corrected chi connectivity index (χ0v) is 20.0. The third kappa shape index (κ3) is 4.86. The van der Waals surface area contributed by atoms with Crippen molar-refractivity contribution in [3.8, 4) is 11.6 Å². The first-order chi connectivity index (χ1) is 17.5. The van der Waals surface area contributed by atoms with E-state index in [-0.39, 0.29) is 23.6 Å². The molecule has 0 spiro atoms. The molecule has 1 aliphatic heterocycles. The number of phenolic OH excluding ortho intramolecular Hbond substituents is 1. The summed E-state index contributed by atoms with van der Waals surface area (Å²) in [6, 6.07) is 23.8. The first-order valence-corrected chi connectivity index (χ1v) is 12.0. The van der Waals surface area contributed by atoms with Gasteiger partial charge in [0.2, 0.25) is 5.88 Å². The molecule has 7 nitrogen and oxygen atoms in total. The van der Waals surface area contributed by atoms with Crippen LogP contribution in [0, 0.1) is 0 Å². The third-order valence-corrected chi connectivity index (χ3v) is 6.28. The number of carbonyl (C=O) groups is 2. The quantitative estimate of drug-likeness (QED) is 0.311. The normalized spacial score (nSPS) is 13.6. The maximum atomic E-state index is 12.6. The first kappa shape index (κ1) is 23.4. The number of imide groups is 1. The van der Waals surface area contributed by atoms with Gasteiger partial charge < -0.3 is 15.2 Å². The minimum atomic E-state index is -0.234. The fourth-order valence-corrected chi connectivity index (χ4v) is 4.46. The van der Waals surface area contributed by atoms with Crippen molar-refractivity contribution in [2.24, 2.45) is 0 Å². The molecule has 36 heavy (non-hydrogen) atoms. The number of hydrogen-bond acceptors (Lipinski definition) is 6. The lowest BCUT2D eigenvalue weighted by Crippen LogP contribution is -2.31. The molecule has 1 aromatic heterocycles. The van der Waals surface area contributed by atoms with Crippen LogP contribution >= 0.6 is 0 Å². The van der Waals surface area contributed by atoms with Crippen LogP contribution in [0.1, 0.15) is 46.0 Å². The summed E-state index contributed by atoms with van der Waals surface area (Å²) in [5.41, 5.74) is 3.39. The Bertz CT molecular complexity index is 1390. The number of nitrogens with zero attached hydrogens (tertiary/aromatic N) is 2. The molecule has 1 unspecified atom stereocenters. The second-order valence-corrected chi connectivity index (χ2v) is 8.98. The van der Waals surface area contributed by atoms with Gasteiger partial charge >= 0.3 is 0 Å². The van der Waals surface area contributed by atoms with E-state index in [4.69, 9.17) is 4.74 Å². The molecule has 2 amide bonds. The Balaban J connectivity index is 1.23. The van der Waals surface area contributed by atoms with Gasteiger partial charge in [0.15, 0.2) is 0 Å². The Hall–Kier alpha value is -4.39. The number of amides is 2. The number of aromatic nitrogens is 1. The molecule has 7 heteroatoms. The van der Waals surface area contributed by atoms with Crippen molar-refractivity contribution in [1.82, 2.24) is 9.88 Å². The van der Waals surface area contributed by atoms with E-state index in [1.807, 2.05) is 43.3 Å². The van der Waals surface area contributed by atoms with Crippen molar-refractivity contribution in [3.05, 3.63) is 95.6 Å². The average Bonchev–Trinajstić information content (AvgIpc) is 3.13. The molecule has 1 aliphatic rings. The maximum absolute atomic E-state index is 12.6. The lowest BCUT2D eigenvalue weighted by Gasteiger charge is -2.19. The van der Waals surface area contributed by atoms with E-state index in [0.717, 1.165) is 17.4 Å². The molecule has 4 aromatic rings. The monoisotopic (exact) mass is 481 g/mol. The molecule has 0 saturated carbocycles. The SMILES string of the molecule is CC(CCCN1C(=O)c2ccccc2C1=O)Nc1cc(O)cc2ccc(OCc3ccccc3)nc12. The fraction of sp³-hybridized carbons (Fsp3) is 0.207. The van der Waals surface area contributed by atoms with Crippen LogP contribution in [0.5, 0.6) is 11.6 Å². The predicted molar refractivity (Wildman–Crippen MR) is 138 cm³/mol. The number of pyridine rings is 1. The van der Waals surface area contributed by atoms with Gasteiger partial charge in [0.1, 0.15) is 12.4 Å². The number of carbonyl (C=O) groups excluding carboxylic acids is 2. The highest BCUT2D eigenvalue weighted by molar-refractivity contribution is 6.21. The molecule has 182 valence electrons. The van der Waals surface area contributed by atoms with Gasteiger partial charge in [0.25, 0.3) is 11.8 Å². The van der Waals surface area contributed by atoms with Crippen LogP contribution in [-0.2, 0) is 6.61 Å². The van der Waals surface area contributed by atoms with Gasteiger partial charge in [-0.1, -0.05) is 42.5 Å². The molecule has 5 rings (SSSR count). The number of nitrogens with one attached hydrogen (secondary N) is 1. The Morgan fingerprint density at radius 1 is 0.944 bits per heavy atom. The number of benzene rings is 3. The molecule has 2 N–H and O–H groups in total. The van der Waals surface area contributed by atoms with Crippen molar-refractivity contribution >= 4 is 28.4 Å². The Morgan fingerprint density at radius 2 is 1.64 bits per heavy atom. The van der Waals surface area contributed by atoms with Crippen LogP contribution in [0.25, 0.3) is 10.9 Å². The number of ether oxygens (including phenoxy) is 1. The Morgan fingerprint density at radius 3 is 2.36 bits per heavy atom. The van der Waals surface area contributed by atoms with Gasteiger partial charge in [-0.15, -0.1) is 0 Å². The van der Waals surface area contributed by atoms with Crippen molar-refractivity contribution in [2.75, 3.05) is 11.9 Å². The summed E-state index contributed by atoms with van der Waals surface area (Å²) in [6.45, 7) is 2.79. The zero-order valence-electron chi connectivity index (χ0n) is 20.0. The van der Waals surface area contributed by atoms with Crippen molar-refractivity contribution in [3.63, 3.8) is 0 Å². The Labute approximate surface area is 209 Å². The summed E-state index contributed by atoms with van der Waals surface area (Å²) in [7, 11) is 0. The minimum absolute atomic E-state index is 0.0147. The molecule has 3 aromatic carbocycles. The summed E-state index contributed by atoms with van der Waals surface area (Å²) in [5, 5.41) is 14.4. The van der Waals surface area contributed by atoms with E-state index in [2.05, 4.69) is 10.3 Å². The van der Waals surface area contributed by atoms with Crippen molar-refractivity contribution in [1.29, 1.82) is 0 Å². The van der Waals surface area contributed by atoms with Gasteiger partial charge in [0.05, 0.1) is 22.3 Å². The van der Waals surface area contributed by atoms with Crippen LogP contribution < -0.4 is 10.1 Å². The number of rotatable bonds is 9. The smallest absolute Gasteiger partial charge is 0.261 e. The van der Waals surface area contributed by atoms with Crippen LogP contribution in [0.3, 0.4) is 0 Å². The summed E-state index contributed by atoms with van der Waals surface area (Å²) in [6.07, 6.45) is 1.37. The van der Waals surface area contributed by atoms with E-state index in [0.29, 0.717) is 47.8 Å². The lowest BCUT2D eigenvalue weighted by molar-refractivity contribution is 0.0651. The highest BCUT2D eigenvalue weighted by Gasteiger charge is 2.34. The first-order valence-electron chi connectivity index (χ1n) is 12.0. The minimum Gasteiger partial charge on any atom is -0.508 e. The highest BCUT2D eigenvalue weighted by atomic mass is 16.5. The Kier molecular flexibility index (Phi) is 6.54. The number of hydrogen-bond donors (Lipinski definition) is 2. The molecule has 0 saturated heterocycles. The molecule has 2 heterocycles. The summed E-state index contributed by atoms with van der Waals surface area (Å²) in [4.78, 5) is 31.1. The van der Waals surface area contributed by atoms with Crippen molar-refractivity contribution in [2.45, 2.75) is 32.4 Å². The molecule has 0 aliphatic carbocycles. The molecule has 0 bridgehead atoms. The second-order valence-electron chi connectivity index (χ2n) is 8.98. The van der Waals surface area contributed by atoms with Gasteiger partial charge in [-0.2, -0.15) is 0 Å². The zero-order chi connectivity index (χ0) is 25.1. The van der Waals surface area contributed by atoms with Crippen LogP contribution in [0.15, 0.2) is 78.9 Å². The molecular formula is C29H27N3O4. The van der Waals surface area contributed by atoms with E-state index in [1.54, 1.807) is 42.5 Å². The van der Waals surface area contributed by atoms with Crippen LogP contribution in [0.2, 0.25) is 0 Å². The van der Waals surface area contributed by atoms with Gasteiger partial charge in [-0.25, -0.2) is 4.98 Å². The summed E-state index contributed by atoms with van der Waals surface area (Å²) < 4.78 is 5.89. The number of fused-ring (bicyclic) bond motifs is 2. The molecule has 0 radical (unpaired) electrons. The van der Waals surface area contributed by atoms with Crippen LogP contribution in [-0.4, -0.2) is 39.4 Å². The number of anilines is 1. The van der Waals surface area contributed by atoms with E-state index in [1.165, 1.54) is 4.90 Å². The predicted octanol–water partition coefficient (Wildman–Crippen LogP) is 5.40. The average molecular weight is 482 g/mol. The standard InChI is InChI=1S/C29H27N3O4/c1-19(8-7-15-32-28(34)23-11-5-6-12-24(23)29(32)35)30-25-17-22(33)16-21-13-14-26(31-27(21)25)36-18-20-9-3-2-4-10-20/h2-6,9-14,16-17,19,30,33H,7-8,15,18H2,1H3. The molecule has 1 atom stereocenters. The largest absolute Gasteiger partial charge is 0.508 e. The fourth-order valence-electron chi connectivity index (χ4n) is 4.46. The topological polar surface area (TPSA) is 91.8 Å². The number of aromatic hydroxyl groups is 1. The third-order valence-electron chi connectivity index (χ3n) is 6.28. The highest BCUT2D eigenvalue weighted by Crippen LogP contribution is 2.30. The summed E-state index contributed by atoms with van der Waals surface area (Å²) >= 11 is 0. The van der Waals surface area contributed by atoms with Crippen molar-refractivity contribution < 1.29 is 19.4 Å². The van der Waals surface area contributed by atoms with Gasteiger partial charge in [-0.05, 0) is 49.6 Å². The van der Waals surface area contributed by atoms with Gasteiger partial charge in [-0.3, -0.25) is 14.5 Å². The second kappa shape index (κ2) is 10.1. The maximum Gasteiger partial charge on any atom is 0.261 e. The number of phenols is 1. The van der Waals surface area contributed by atoms with Crippen LogP contribution in [0.4, 0.5) is 5.69 Å². The molecule has 0 fully saturated rings. The van der Waals surface area contributed by atoms with E-state index in [9.17, 15) is 14.7 Å². The van der Waals surface area contributed by atoms with Gasteiger partial charge in [0, 0.05) is 30.1 Å². The van der Waals surface area contributed by atoms with E-state index < -0.39 is 0 Å². The lowest BCUT2D eigenvalue weighted by atomic mass is 10.1.